The maximum atomic E-state index is 13.1. The van der Waals surface area contributed by atoms with E-state index in [1.54, 1.807) is 27.7 Å². The number of halogens is 1. The summed E-state index contributed by atoms with van der Waals surface area (Å²) in [6.45, 7) is 6.76. The van der Waals surface area contributed by atoms with E-state index in [0.717, 1.165) is 6.20 Å². The Kier molecular flexibility index (Phi) is 4.34. The van der Waals surface area contributed by atoms with Crippen LogP contribution in [0.5, 0.6) is 5.88 Å². The quantitative estimate of drug-likeness (QED) is 0.797. The Hall–Kier alpha value is -1.14. The molecule has 1 N–H and O–H groups in total. The number of rotatable bonds is 5. The van der Waals surface area contributed by atoms with Gasteiger partial charge < -0.3 is 14.5 Å². The molecule has 99 valence electrons. The molecule has 6 heteroatoms. The number of hydrogen-bond donors (Lipinski definition) is 1. The first-order valence-corrected chi connectivity index (χ1v) is 5.60. The van der Waals surface area contributed by atoms with Crippen molar-refractivity contribution in [1.82, 2.24) is 4.98 Å². The number of hydrogen-bond acceptors (Lipinski definition) is 4. The molecule has 0 amide bonds. The van der Waals surface area contributed by atoms with Crippen LogP contribution in [0.25, 0.3) is 0 Å². The lowest BCUT2D eigenvalue weighted by atomic mass is 9.83. The minimum absolute atomic E-state index is 0.267. The van der Waals surface area contributed by atoms with Gasteiger partial charge in [0, 0.05) is 5.46 Å². The fourth-order valence-electron chi connectivity index (χ4n) is 1.05. The first kappa shape index (κ1) is 14.9. The van der Waals surface area contributed by atoms with Crippen LogP contribution in [0.1, 0.15) is 27.7 Å². The summed E-state index contributed by atoms with van der Waals surface area (Å²) >= 11 is 0. The summed E-state index contributed by atoms with van der Waals surface area (Å²) in [6, 6.07) is 1.26. The van der Waals surface area contributed by atoms with Crippen LogP contribution in [0.4, 0.5) is 4.39 Å². The molecule has 0 aliphatic rings. The summed E-state index contributed by atoms with van der Waals surface area (Å²) in [6.07, 6.45) is 1.07. The number of methoxy groups -OCH3 is 1. The third-order valence-electron chi connectivity index (χ3n) is 2.99. The van der Waals surface area contributed by atoms with Crippen molar-refractivity contribution in [2.24, 2.45) is 0 Å². The monoisotopic (exact) mass is 254 g/mol. The normalized spacial score (nSPS) is 12.4. The zero-order valence-corrected chi connectivity index (χ0v) is 11.3. The molecular formula is C12H18BFNO3. The third kappa shape index (κ3) is 3.43. The molecule has 0 aliphatic heterocycles. The summed E-state index contributed by atoms with van der Waals surface area (Å²) in [7, 11) is 2.78. The van der Waals surface area contributed by atoms with Crippen molar-refractivity contribution in [3.05, 3.63) is 18.1 Å². The topological polar surface area (TPSA) is 51.6 Å². The molecule has 1 aromatic rings. The average molecular weight is 254 g/mol. The second-order valence-electron chi connectivity index (χ2n) is 5.06. The molecule has 0 unspecified atom stereocenters. The lowest BCUT2D eigenvalue weighted by Gasteiger charge is -2.37. The van der Waals surface area contributed by atoms with Gasteiger partial charge in [-0.1, -0.05) is 0 Å². The van der Waals surface area contributed by atoms with E-state index in [9.17, 15) is 9.50 Å². The van der Waals surface area contributed by atoms with Gasteiger partial charge in [0.25, 0.3) is 0 Å². The molecule has 0 aromatic carbocycles. The van der Waals surface area contributed by atoms with Gasteiger partial charge in [-0.25, -0.2) is 9.37 Å². The van der Waals surface area contributed by atoms with Crippen LogP contribution in [0.3, 0.4) is 0 Å². The summed E-state index contributed by atoms with van der Waals surface area (Å²) in [4.78, 5) is 3.79. The molecule has 0 bridgehead atoms. The van der Waals surface area contributed by atoms with Crippen molar-refractivity contribution in [1.29, 1.82) is 0 Å². The molecule has 0 spiro atoms. The molecule has 1 rings (SSSR count). The molecule has 4 nitrogen and oxygen atoms in total. The van der Waals surface area contributed by atoms with Crippen LogP contribution in [0.2, 0.25) is 0 Å². The Balaban J connectivity index is 2.83. The Morgan fingerprint density at radius 3 is 2.44 bits per heavy atom. The molecule has 0 fully saturated rings. The first-order chi connectivity index (χ1) is 8.17. The molecule has 1 aromatic heterocycles. The fraction of sp³-hybridized carbons (Fsp3) is 0.583. The fourth-order valence-corrected chi connectivity index (χ4v) is 1.05. The molecular weight excluding hydrogens is 236 g/mol. The molecule has 18 heavy (non-hydrogen) atoms. The van der Waals surface area contributed by atoms with Crippen LogP contribution < -0.4 is 10.2 Å². The molecule has 1 heterocycles. The first-order valence-electron chi connectivity index (χ1n) is 5.60. The Morgan fingerprint density at radius 2 is 1.94 bits per heavy atom. The van der Waals surface area contributed by atoms with E-state index >= 15 is 0 Å². The highest BCUT2D eigenvalue weighted by Crippen LogP contribution is 2.24. The van der Waals surface area contributed by atoms with Gasteiger partial charge in [-0.2, -0.15) is 0 Å². The van der Waals surface area contributed by atoms with E-state index in [4.69, 9.17) is 9.39 Å². The highest BCUT2D eigenvalue weighted by atomic mass is 19.1. The number of ether oxygens (including phenoxy) is 1. The maximum absolute atomic E-state index is 13.1. The van der Waals surface area contributed by atoms with Gasteiger partial charge in [0.15, 0.2) is 0 Å². The summed E-state index contributed by atoms with van der Waals surface area (Å²) in [5.74, 6) is -0.213. The highest BCUT2D eigenvalue weighted by Gasteiger charge is 2.36. The zero-order chi connectivity index (χ0) is 14.0. The van der Waals surface area contributed by atoms with Crippen molar-refractivity contribution in [3.63, 3.8) is 0 Å². The third-order valence-corrected chi connectivity index (χ3v) is 2.99. The van der Waals surface area contributed by atoms with E-state index < -0.39 is 17.0 Å². The highest BCUT2D eigenvalue weighted by molar-refractivity contribution is 6.48. The Bertz CT molecular complexity index is 418. The molecule has 0 saturated carbocycles. The molecule has 0 atom stereocenters. The standard InChI is InChI=1S/C12H18BFNO3/c1-11(2,16)12(3,4)18-13-9-6-8(14)7-15-10(9)17-5/h6-7,16H,1-5H3. The minimum atomic E-state index is -1.04. The Labute approximate surface area is 107 Å². The summed E-state index contributed by atoms with van der Waals surface area (Å²) < 4.78 is 23.6. The Morgan fingerprint density at radius 1 is 1.33 bits per heavy atom. The average Bonchev–Trinajstić information content (AvgIpc) is 2.25. The minimum Gasteiger partial charge on any atom is -0.481 e. The van der Waals surface area contributed by atoms with Gasteiger partial charge >= 0.3 is 7.48 Å². The SMILES string of the molecule is COc1ncc(F)cc1[B]OC(C)(C)C(C)(C)O. The maximum Gasteiger partial charge on any atom is 0.336 e. The van der Waals surface area contributed by atoms with Gasteiger partial charge in [0.05, 0.1) is 24.5 Å². The molecule has 0 aliphatic carbocycles. The van der Waals surface area contributed by atoms with E-state index in [-0.39, 0.29) is 5.88 Å². The van der Waals surface area contributed by atoms with Crippen LogP contribution in [-0.2, 0) is 4.65 Å². The van der Waals surface area contributed by atoms with Gasteiger partial charge in [0.1, 0.15) is 5.82 Å². The second-order valence-corrected chi connectivity index (χ2v) is 5.06. The number of aliphatic hydroxyl groups is 1. The number of nitrogens with zero attached hydrogens (tertiary/aromatic N) is 1. The van der Waals surface area contributed by atoms with E-state index in [1.807, 2.05) is 0 Å². The van der Waals surface area contributed by atoms with E-state index in [0.29, 0.717) is 5.46 Å². The van der Waals surface area contributed by atoms with Gasteiger partial charge in [-0.05, 0) is 33.8 Å². The second kappa shape index (κ2) is 5.24. The number of aromatic nitrogens is 1. The van der Waals surface area contributed by atoms with Crippen molar-refractivity contribution in [3.8, 4) is 5.88 Å². The van der Waals surface area contributed by atoms with E-state index in [2.05, 4.69) is 4.98 Å². The van der Waals surface area contributed by atoms with Crippen molar-refractivity contribution < 1.29 is 18.9 Å². The zero-order valence-electron chi connectivity index (χ0n) is 11.3. The van der Waals surface area contributed by atoms with Crippen molar-refractivity contribution in [2.75, 3.05) is 7.11 Å². The summed E-state index contributed by atoms with van der Waals surface area (Å²) in [5, 5.41) is 9.94. The van der Waals surface area contributed by atoms with Crippen LogP contribution in [-0.4, -0.2) is 35.9 Å². The van der Waals surface area contributed by atoms with Crippen LogP contribution in [0, 0.1) is 5.82 Å². The van der Waals surface area contributed by atoms with E-state index in [1.165, 1.54) is 20.7 Å². The van der Waals surface area contributed by atoms with Crippen LogP contribution >= 0.6 is 0 Å². The smallest absolute Gasteiger partial charge is 0.336 e. The van der Waals surface area contributed by atoms with Crippen molar-refractivity contribution >= 4 is 12.9 Å². The largest absolute Gasteiger partial charge is 0.481 e. The van der Waals surface area contributed by atoms with Crippen LogP contribution in [0.15, 0.2) is 12.3 Å². The molecule has 0 saturated heterocycles. The molecule has 1 radical (unpaired) electrons. The number of pyridine rings is 1. The predicted molar refractivity (Wildman–Crippen MR) is 67.6 cm³/mol. The summed E-state index contributed by atoms with van der Waals surface area (Å²) in [5.41, 5.74) is -1.49. The lowest BCUT2D eigenvalue weighted by Crippen LogP contribution is -2.49. The van der Waals surface area contributed by atoms with Gasteiger partial charge in [-0.15, -0.1) is 0 Å². The van der Waals surface area contributed by atoms with Gasteiger partial charge in [0.2, 0.25) is 5.88 Å². The lowest BCUT2D eigenvalue weighted by molar-refractivity contribution is -0.0893. The van der Waals surface area contributed by atoms with Gasteiger partial charge in [-0.3, -0.25) is 0 Å². The van der Waals surface area contributed by atoms with Crippen molar-refractivity contribution in [2.45, 2.75) is 38.9 Å². The predicted octanol–water partition coefficient (Wildman–Crippen LogP) is 1.04.